The van der Waals surface area contributed by atoms with Gasteiger partial charge in [-0.3, -0.25) is 4.79 Å². The molecular formula is C21H26ClNO3. The van der Waals surface area contributed by atoms with E-state index < -0.39 is 0 Å². The maximum Gasteiger partial charge on any atom is 0.224 e. The highest BCUT2D eigenvalue weighted by Gasteiger charge is 2.10. The van der Waals surface area contributed by atoms with Crippen LogP contribution in [0.15, 0.2) is 36.4 Å². The van der Waals surface area contributed by atoms with Crippen molar-refractivity contribution in [3.63, 3.8) is 0 Å². The summed E-state index contributed by atoms with van der Waals surface area (Å²) in [5, 5.41) is 3.48. The SMILES string of the molecule is COc1cc(Cl)c(C)cc1NC(=O)CCCOc1ccc(C(C)C)cc1. The molecule has 2 rings (SSSR count). The van der Waals surface area contributed by atoms with E-state index in [0.717, 1.165) is 11.3 Å². The van der Waals surface area contributed by atoms with Crippen LogP contribution in [0.25, 0.3) is 0 Å². The number of nitrogens with one attached hydrogen (secondary N) is 1. The number of benzene rings is 2. The number of halogens is 1. The third-order valence-corrected chi connectivity index (χ3v) is 4.53. The van der Waals surface area contributed by atoms with Crippen LogP contribution in [-0.4, -0.2) is 19.6 Å². The third-order valence-electron chi connectivity index (χ3n) is 4.12. The van der Waals surface area contributed by atoms with Crippen molar-refractivity contribution in [3.05, 3.63) is 52.5 Å². The Hall–Kier alpha value is -2.20. The first-order valence-corrected chi connectivity index (χ1v) is 9.15. The highest BCUT2D eigenvalue weighted by molar-refractivity contribution is 6.31. The lowest BCUT2D eigenvalue weighted by Crippen LogP contribution is -2.13. The second-order valence-electron chi connectivity index (χ2n) is 6.53. The van der Waals surface area contributed by atoms with Crippen molar-refractivity contribution < 1.29 is 14.3 Å². The van der Waals surface area contributed by atoms with E-state index >= 15 is 0 Å². The Morgan fingerprint density at radius 1 is 1.19 bits per heavy atom. The molecule has 1 amide bonds. The van der Waals surface area contributed by atoms with Crippen molar-refractivity contribution in [2.45, 2.75) is 39.5 Å². The van der Waals surface area contributed by atoms with E-state index in [2.05, 4.69) is 31.3 Å². The summed E-state index contributed by atoms with van der Waals surface area (Å²) in [5.41, 5.74) is 2.80. The normalized spacial score (nSPS) is 10.7. The Bertz CT molecular complexity index is 742. The van der Waals surface area contributed by atoms with Crippen LogP contribution in [0.1, 0.15) is 43.7 Å². The van der Waals surface area contributed by atoms with E-state index in [0.29, 0.717) is 41.8 Å². The molecule has 0 bridgehead atoms. The summed E-state index contributed by atoms with van der Waals surface area (Å²) in [4.78, 5) is 12.2. The number of carbonyl (C=O) groups is 1. The molecule has 4 nitrogen and oxygen atoms in total. The van der Waals surface area contributed by atoms with Crippen molar-refractivity contribution in [2.24, 2.45) is 0 Å². The molecule has 5 heteroatoms. The molecule has 0 saturated carbocycles. The number of ether oxygens (including phenoxy) is 2. The Morgan fingerprint density at radius 3 is 2.50 bits per heavy atom. The van der Waals surface area contributed by atoms with Crippen LogP contribution >= 0.6 is 11.6 Å². The highest BCUT2D eigenvalue weighted by Crippen LogP contribution is 2.31. The number of hydrogen-bond donors (Lipinski definition) is 1. The minimum atomic E-state index is -0.0798. The van der Waals surface area contributed by atoms with Gasteiger partial charge in [-0.15, -0.1) is 0 Å². The minimum absolute atomic E-state index is 0.0798. The van der Waals surface area contributed by atoms with Crippen LogP contribution in [0.2, 0.25) is 5.02 Å². The zero-order valence-electron chi connectivity index (χ0n) is 15.8. The summed E-state index contributed by atoms with van der Waals surface area (Å²) >= 11 is 6.08. The molecule has 0 unspecified atom stereocenters. The average molecular weight is 376 g/mol. The minimum Gasteiger partial charge on any atom is -0.495 e. The summed E-state index contributed by atoms with van der Waals surface area (Å²) in [6, 6.07) is 11.6. The van der Waals surface area contributed by atoms with Gasteiger partial charge in [-0.1, -0.05) is 37.6 Å². The quantitative estimate of drug-likeness (QED) is 0.613. The lowest BCUT2D eigenvalue weighted by molar-refractivity contribution is -0.116. The van der Waals surface area contributed by atoms with Gasteiger partial charge < -0.3 is 14.8 Å². The fraction of sp³-hybridized carbons (Fsp3) is 0.381. The Balaban J connectivity index is 1.79. The smallest absolute Gasteiger partial charge is 0.224 e. The van der Waals surface area contributed by atoms with Crippen LogP contribution in [0.5, 0.6) is 11.5 Å². The Labute approximate surface area is 160 Å². The topological polar surface area (TPSA) is 47.6 Å². The molecule has 0 aliphatic heterocycles. The van der Waals surface area contributed by atoms with Crippen LogP contribution in [-0.2, 0) is 4.79 Å². The van der Waals surface area contributed by atoms with Gasteiger partial charge in [-0.05, 0) is 48.6 Å². The van der Waals surface area contributed by atoms with Gasteiger partial charge in [0.1, 0.15) is 11.5 Å². The van der Waals surface area contributed by atoms with Crippen LogP contribution in [0.4, 0.5) is 5.69 Å². The molecule has 2 aromatic rings. The van der Waals surface area contributed by atoms with Gasteiger partial charge >= 0.3 is 0 Å². The molecule has 0 radical (unpaired) electrons. The number of rotatable bonds is 8. The van der Waals surface area contributed by atoms with Crippen molar-refractivity contribution in [2.75, 3.05) is 19.0 Å². The van der Waals surface area contributed by atoms with E-state index in [1.807, 2.05) is 25.1 Å². The number of amides is 1. The zero-order chi connectivity index (χ0) is 19.1. The Kier molecular flexibility index (Phi) is 7.34. The van der Waals surface area contributed by atoms with Crippen molar-refractivity contribution in [1.29, 1.82) is 0 Å². The van der Waals surface area contributed by atoms with E-state index in [9.17, 15) is 4.79 Å². The zero-order valence-corrected chi connectivity index (χ0v) is 16.5. The summed E-state index contributed by atoms with van der Waals surface area (Å²) in [6.07, 6.45) is 1.00. The molecule has 1 N–H and O–H groups in total. The van der Waals surface area contributed by atoms with Gasteiger partial charge in [0.25, 0.3) is 0 Å². The summed E-state index contributed by atoms with van der Waals surface area (Å²) in [6.45, 7) is 6.69. The number of hydrogen-bond acceptors (Lipinski definition) is 3. The Morgan fingerprint density at radius 2 is 1.88 bits per heavy atom. The molecule has 0 aliphatic carbocycles. The predicted molar refractivity (Wildman–Crippen MR) is 107 cm³/mol. The molecule has 140 valence electrons. The maximum absolute atomic E-state index is 12.2. The highest BCUT2D eigenvalue weighted by atomic mass is 35.5. The van der Waals surface area contributed by atoms with E-state index in [1.54, 1.807) is 13.2 Å². The fourth-order valence-corrected chi connectivity index (χ4v) is 2.67. The van der Waals surface area contributed by atoms with Crippen LogP contribution in [0, 0.1) is 6.92 Å². The molecule has 0 aliphatic rings. The van der Waals surface area contributed by atoms with Crippen molar-refractivity contribution in [1.82, 2.24) is 0 Å². The van der Waals surface area contributed by atoms with E-state index in [1.165, 1.54) is 5.56 Å². The standard InChI is InChI=1S/C21H26ClNO3/c1-14(2)16-7-9-17(10-8-16)26-11-5-6-21(24)23-19-12-15(3)18(22)13-20(19)25-4/h7-10,12-14H,5-6,11H2,1-4H3,(H,23,24). The van der Waals surface area contributed by atoms with Gasteiger partial charge in [0.15, 0.2) is 0 Å². The lowest BCUT2D eigenvalue weighted by Gasteiger charge is -2.12. The molecule has 0 spiro atoms. The molecule has 26 heavy (non-hydrogen) atoms. The maximum atomic E-state index is 12.2. The number of anilines is 1. The fourth-order valence-electron chi connectivity index (χ4n) is 2.51. The number of aryl methyl sites for hydroxylation is 1. The molecule has 0 saturated heterocycles. The summed E-state index contributed by atoms with van der Waals surface area (Å²) < 4.78 is 11.0. The van der Waals surface area contributed by atoms with Crippen molar-refractivity contribution in [3.8, 4) is 11.5 Å². The second-order valence-corrected chi connectivity index (χ2v) is 6.93. The largest absolute Gasteiger partial charge is 0.495 e. The molecule has 0 aromatic heterocycles. The second kappa shape index (κ2) is 9.48. The first-order valence-electron chi connectivity index (χ1n) is 8.77. The van der Waals surface area contributed by atoms with Gasteiger partial charge in [0.2, 0.25) is 5.91 Å². The van der Waals surface area contributed by atoms with Gasteiger partial charge in [0.05, 0.1) is 19.4 Å². The molecular weight excluding hydrogens is 350 g/mol. The van der Waals surface area contributed by atoms with Gasteiger partial charge in [-0.25, -0.2) is 0 Å². The number of carbonyl (C=O) groups excluding carboxylic acids is 1. The monoisotopic (exact) mass is 375 g/mol. The summed E-state index contributed by atoms with van der Waals surface area (Å²) in [5.74, 6) is 1.80. The van der Waals surface area contributed by atoms with E-state index in [-0.39, 0.29) is 5.91 Å². The van der Waals surface area contributed by atoms with Gasteiger partial charge in [0, 0.05) is 17.5 Å². The average Bonchev–Trinajstić information content (AvgIpc) is 2.62. The molecule has 0 fully saturated rings. The first-order chi connectivity index (χ1) is 12.4. The third kappa shape index (κ3) is 5.67. The predicted octanol–water partition coefficient (Wildman–Crippen LogP) is 5.58. The van der Waals surface area contributed by atoms with E-state index in [4.69, 9.17) is 21.1 Å². The summed E-state index contributed by atoms with van der Waals surface area (Å²) in [7, 11) is 1.55. The molecule has 2 aromatic carbocycles. The van der Waals surface area contributed by atoms with Crippen molar-refractivity contribution >= 4 is 23.2 Å². The number of methoxy groups -OCH3 is 1. The first kappa shape index (κ1) is 20.1. The van der Waals surface area contributed by atoms with Crippen LogP contribution in [0.3, 0.4) is 0 Å². The lowest BCUT2D eigenvalue weighted by atomic mass is 10.0. The van der Waals surface area contributed by atoms with Gasteiger partial charge in [-0.2, -0.15) is 0 Å². The molecule has 0 heterocycles. The molecule has 0 atom stereocenters. The van der Waals surface area contributed by atoms with Crippen LogP contribution < -0.4 is 14.8 Å².